The average Bonchev–Trinajstić information content (AvgIpc) is 3.01. The van der Waals surface area contributed by atoms with Crippen LogP contribution in [0.5, 0.6) is 0 Å². The maximum Gasteiger partial charge on any atom is 0.262 e. The van der Waals surface area contributed by atoms with E-state index in [1.54, 1.807) is 32.7 Å². The number of aromatic nitrogens is 4. The van der Waals surface area contributed by atoms with E-state index in [2.05, 4.69) is 38.1 Å². The van der Waals surface area contributed by atoms with Crippen molar-refractivity contribution >= 4 is 45.3 Å². The third-order valence-electron chi connectivity index (χ3n) is 7.44. The summed E-state index contributed by atoms with van der Waals surface area (Å²) in [7, 11) is 0. The first-order valence-electron chi connectivity index (χ1n) is 13.8. The van der Waals surface area contributed by atoms with Crippen molar-refractivity contribution in [2.24, 2.45) is 0 Å². The molecule has 0 aliphatic carbocycles. The van der Waals surface area contributed by atoms with E-state index in [1.807, 2.05) is 72.8 Å². The molecule has 2 heterocycles. The Bertz CT molecular complexity index is 1890. The van der Waals surface area contributed by atoms with Crippen LogP contribution in [-0.4, -0.2) is 19.1 Å². The van der Waals surface area contributed by atoms with Crippen LogP contribution in [0, 0.1) is 13.8 Å². The topological polar surface area (TPSA) is 69.8 Å². The average molecular weight is 591 g/mol. The number of hydrogen-bond acceptors (Lipinski definition) is 6. The first-order valence-corrected chi connectivity index (χ1v) is 15.8. The van der Waals surface area contributed by atoms with E-state index in [4.69, 9.17) is 9.97 Å². The Morgan fingerprint density at radius 2 is 0.929 bits per heavy atom. The molecule has 42 heavy (non-hydrogen) atoms. The van der Waals surface area contributed by atoms with Crippen LogP contribution >= 0.6 is 23.5 Å². The maximum atomic E-state index is 13.8. The molecule has 0 fully saturated rings. The van der Waals surface area contributed by atoms with E-state index in [0.717, 1.165) is 0 Å². The molecule has 2 aromatic heterocycles. The van der Waals surface area contributed by atoms with Crippen LogP contribution in [0.25, 0.3) is 21.8 Å². The molecule has 6 rings (SSSR count). The van der Waals surface area contributed by atoms with Crippen molar-refractivity contribution in [2.75, 3.05) is 0 Å². The number of nitrogens with zero attached hydrogens (tertiary/aromatic N) is 4. The maximum absolute atomic E-state index is 13.8. The Hall–Kier alpha value is -4.14. The zero-order chi connectivity index (χ0) is 29.1. The van der Waals surface area contributed by atoms with Crippen molar-refractivity contribution in [1.29, 1.82) is 0 Å². The summed E-state index contributed by atoms with van der Waals surface area (Å²) in [5.41, 5.74) is 5.91. The Kier molecular flexibility index (Phi) is 8.26. The monoisotopic (exact) mass is 590 g/mol. The van der Waals surface area contributed by atoms with Gasteiger partial charge in [0.15, 0.2) is 10.3 Å². The van der Waals surface area contributed by atoms with Gasteiger partial charge < -0.3 is 0 Å². The van der Waals surface area contributed by atoms with Crippen LogP contribution in [0.4, 0.5) is 0 Å². The summed E-state index contributed by atoms with van der Waals surface area (Å²) in [6, 6.07) is 31.4. The SMILES string of the molecule is Cc1ccccc1CSc1nc2ccccc2c(=O)n1CCn1c(SCc2ccccc2C)nc2ccccc2c1=O. The summed E-state index contributed by atoms with van der Waals surface area (Å²) >= 11 is 3.08. The second-order valence-electron chi connectivity index (χ2n) is 10.2. The zero-order valence-electron chi connectivity index (χ0n) is 23.5. The molecular formula is C34H30N4O2S2. The van der Waals surface area contributed by atoms with Gasteiger partial charge in [-0.2, -0.15) is 0 Å². The van der Waals surface area contributed by atoms with E-state index in [1.165, 1.54) is 22.3 Å². The molecule has 4 aromatic carbocycles. The fourth-order valence-electron chi connectivity index (χ4n) is 4.94. The van der Waals surface area contributed by atoms with E-state index < -0.39 is 0 Å². The molecule has 0 saturated heterocycles. The number of para-hydroxylation sites is 2. The van der Waals surface area contributed by atoms with Crippen molar-refractivity contribution in [1.82, 2.24) is 19.1 Å². The molecule has 0 atom stereocenters. The van der Waals surface area contributed by atoms with Gasteiger partial charge in [-0.25, -0.2) is 9.97 Å². The third-order valence-corrected chi connectivity index (χ3v) is 9.49. The molecule has 0 aliphatic rings. The summed E-state index contributed by atoms with van der Waals surface area (Å²) < 4.78 is 3.42. The summed E-state index contributed by atoms with van der Waals surface area (Å²) in [6.45, 7) is 4.77. The Balaban J connectivity index is 1.37. The number of thioether (sulfide) groups is 2. The van der Waals surface area contributed by atoms with E-state index in [9.17, 15) is 9.59 Å². The van der Waals surface area contributed by atoms with Gasteiger partial charge in [0.05, 0.1) is 21.8 Å². The fraction of sp³-hybridized carbons (Fsp3) is 0.176. The number of benzene rings is 4. The van der Waals surface area contributed by atoms with Crippen LogP contribution in [0.2, 0.25) is 0 Å². The highest BCUT2D eigenvalue weighted by Crippen LogP contribution is 2.26. The van der Waals surface area contributed by atoms with E-state index in [-0.39, 0.29) is 11.1 Å². The highest BCUT2D eigenvalue weighted by atomic mass is 32.2. The highest BCUT2D eigenvalue weighted by molar-refractivity contribution is 7.98. The van der Waals surface area contributed by atoms with Gasteiger partial charge in [-0.3, -0.25) is 18.7 Å². The largest absolute Gasteiger partial charge is 0.285 e. The van der Waals surface area contributed by atoms with Gasteiger partial charge in [0, 0.05) is 24.6 Å². The normalized spacial score (nSPS) is 11.4. The fourth-order valence-corrected chi connectivity index (χ4v) is 7.14. The van der Waals surface area contributed by atoms with E-state index in [0.29, 0.717) is 56.7 Å². The minimum absolute atomic E-state index is 0.108. The third kappa shape index (κ3) is 5.78. The van der Waals surface area contributed by atoms with Crippen LogP contribution < -0.4 is 11.1 Å². The molecule has 0 unspecified atom stereocenters. The van der Waals surface area contributed by atoms with Gasteiger partial charge in [0.25, 0.3) is 11.1 Å². The van der Waals surface area contributed by atoms with Gasteiger partial charge in [-0.05, 0) is 60.4 Å². The van der Waals surface area contributed by atoms with Gasteiger partial charge in [0.1, 0.15) is 0 Å². The molecule has 0 bridgehead atoms. The van der Waals surface area contributed by atoms with Gasteiger partial charge in [-0.1, -0.05) is 96.3 Å². The standard InChI is InChI=1S/C34H30N4O2S2/c1-23-11-3-5-13-25(23)21-41-33-35-29-17-9-7-15-27(29)31(39)37(33)19-20-38-32(40)28-16-8-10-18-30(28)36-34(38)42-22-26-14-6-4-12-24(26)2/h3-18H,19-22H2,1-2H3. The Morgan fingerprint density at radius 1 is 0.548 bits per heavy atom. The highest BCUT2D eigenvalue weighted by Gasteiger charge is 2.16. The van der Waals surface area contributed by atoms with Crippen LogP contribution in [0.15, 0.2) is 117 Å². The van der Waals surface area contributed by atoms with Crippen molar-refractivity contribution in [2.45, 2.75) is 48.8 Å². The molecule has 0 amide bonds. The number of fused-ring (bicyclic) bond motifs is 2. The molecule has 0 spiro atoms. The molecule has 0 aliphatic heterocycles. The van der Waals surface area contributed by atoms with Crippen molar-refractivity contribution in [3.63, 3.8) is 0 Å². The molecule has 0 N–H and O–H groups in total. The molecule has 6 nitrogen and oxygen atoms in total. The summed E-state index contributed by atoms with van der Waals surface area (Å²) in [5, 5.41) is 2.41. The molecule has 210 valence electrons. The summed E-state index contributed by atoms with van der Waals surface area (Å²) in [6.07, 6.45) is 0. The van der Waals surface area contributed by atoms with Crippen LogP contribution in [0.3, 0.4) is 0 Å². The van der Waals surface area contributed by atoms with Crippen molar-refractivity contribution in [3.8, 4) is 0 Å². The summed E-state index contributed by atoms with van der Waals surface area (Å²) in [4.78, 5) is 37.3. The van der Waals surface area contributed by atoms with Gasteiger partial charge in [0.2, 0.25) is 0 Å². The van der Waals surface area contributed by atoms with Gasteiger partial charge in [-0.15, -0.1) is 0 Å². The minimum Gasteiger partial charge on any atom is -0.285 e. The first kappa shape index (κ1) is 28.0. The lowest BCUT2D eigenvalue weighted by molar-refractivity contribution is 0.486. The lowest BCUT2D eigenvalue weighted by Crippen LogP contribution is -2.30. The molecular weight excluding hydrogens is 561 g/mol. The summed E-state index contributed by atoms with van der Waals surface area (Å²) in [5.74, 6) is 1.37. The minimum atomic E-state index is -0.108. The molecule has 6 aromatic rings. The molecule has 8 heteroatoms. The number of rotatable bonds is 9. The number of hydrogen-bond donors (Lipinski definition) is 0. The molecule has 0 saturated carbocycles. The first-order chi connectivity index (χ1) is 20.5. The molecule has 0 radical (unpaired) electrons. The Morgan fingerprint density at radius 3 is 1.36 bits per heavy atom. The lowest BCUT2D eigenvalue weighted by Gasteiger charge is -2.17. The zero-order valence-corrected chi connectivity index (χ0v) is 25.1. The number of aryl methyl sites for hydroxylation is 2. The van der Waals surface area contributed by atoms with Crippen molar-refractivity contribution < 1.29 is 0 Å². The smallest absolute Gasteiger partial charge is 0.262 e. The lowest BCUT2D eigenvalue weighted by atomic mass is 10.1. The predicted molar refractivity (Wildman–Crippen MR) is 173 cm³/mol. The van der Waals surface area contributed by atoms with Gasteiger partial charge >= 0.3 is 0 Å². The Labute approximate surface area is 252 Å². The van der Waals surface area contributed by atoms with Crippen LogP contribution in [-0.2, 0) is 24.6 Å². The predicted octanol–water partition coefficient (Wildman–Crippen LogP) is 7.01. The quantitative estimate of drug-likeness (QED) is 0.133. The second kappa shape index (κ2) is 12.4. The van der Waals surface area contributed by atoms with E-state index >= 15 is 0 Å². The second-order valence-corrected chi connectivity index (χ2v) is 12.1. The van der Waals surface area contributed by atoms with Crippen molar-refractivity contribution in [3.05, 3.63) is 140 Å². The van der Waals surface area contributed by atoms with Crippen LogP contribution in [0.1, 0.15) is 22.3 Å².